The minimum atomic E-state index is -0.129. The number of amides is 1. The van der Waals surface area contributed by atoms with Crippen LogP contribution in [0.1, 0.15) is 29.3 Å². The van der Waals surface area contributed by atoms with Gasteiger partial charge in [0.05, 0.1) is 13.2 Å². The Labute approximate surface area is 157 Å². The van der Waals surface area contributed by atoms with Crippen LogP contribution in [0.5, 0.6) is 5.75 Å². The number of thioether (sulfide) groups is 1. The SMILES string of the molecule is COc1ccc(CCNC(=O)CC2CSc3nc(C)c(C)c(=O)n32)cc1. The van der Waals surface area contributed by atoms with Crippen LogP contribution in [0.2, 0.25) is 0 Å². The molecule has 1 aromatic carbocycles. The normalized spacial score (nSPS) is 15.6. The molecule has 3 rings (SSSR count). The Bertz CT molecular complexity index is 862. The first kappa shape index (κ1) is 18.5. The Morgan fingerprint density at radius 3 is 2.77 bits per heavy atom. The van der Waals surface area contributed by atoms with Gasteiger partial charge in [-0.3, -0.25) is 14.2 Å². The molecule has 7 heteroatoms. The number of ether oxygens (including phenoxy) is 1. The van der Waals surface area contributed by atoms with Crippen LogP contribution in [0.4, 0.5) is 0 Å². The molecule has 0 saturated carbocycles. The number of hydrogen-bond acceptors (Lipinski definition) is 5. The third-order valence-corrected chi connectivity index (χ3v) is 5.74. The smallest absolute Gasteiger partial charge is 0.257 e. The second kappa shape index (κ2) is 7.95. The fourth-order valence-electron chi connectivity index (χ4n) is 2.95. The summed E-state index contributed by atoms with van der Waals surface area (Å²) in [5.41, 5.74) is 2.52. The highest BCUT2D eigenvalue weighted by Crippen LogP contribution is 2.32. The summed E-state index contributed by atoms with van der Waals surface area (Å²) in [5, 5.41) is 3.66. The lowest BCUT2D eigenvalue weighted by atomic mass is 10.1. The third kappa shape index (κ3) is 3.93. The summed E-state index contributed by atoms with van der Waals surface area (Å²) < 4.78 is 6.81. The third-order valence-electron chi connectivity index (χ3n) is 4.64. The number of nitrogens with one attached hydrogen (secondary N) is 1. The maximum Gasteiger partial charge on any atom is 0.257 e. The highest BCUT2D eigenvalue weighted by Gasteiger charge is 2.28. The molecule has 1 amide bonds. The van der Waals surface area contributed by atoms with Gasteiger partial charge in [0.25, 0.3) is 5.56 Å². The molecule has 0 radical (unpaired) electrons. The maximum atomic E-state index is 12.5. The van der Waals surface area contributed by atoms with Crippen LogP contribution in [0.25, 0.3) is 0 Å². The first-order chi connectivity index (χ1) is 12.5. The molecule has 0 spiro atoms. The van der Waals surface area contributed by atoms with Gasteiger partial charge in [0.15, 0.2) is 5.16 Å². The van der Waals surface area contributed by atoms with Crippen molar-refractivity contribution in [3.63, 3.8) is 0 Å². The number of fused-ring (bicyclic) bond motifs is 1. The van der Waals surface area contributed by atoms with Gasteiger partial charge in [-0.25, -0.2) is 4.98 Å². The second-order valence-corrected chi connectivity index (χ2v) is 7.38. The zero-order chi connectivity index (χ0) is 18.7. The zero-order valence-electron chi connectivity index (χ0n) is 15.2. The van der Waals surface area contributed by atoms with E-state index in [-0.39, 0.29) is 17.5 Å². The molecule has 0 aliphatic carbocycles. The molecule has 1 aliphatic heterocycles. The molecule has 1 N–H and O–H groups in total. The number of aryl methyl sites for hydroxylation is 1. The summed E-state index contributed by atoms with van der Waals surface area (Å²) in [6.45, 7) is 4.20. The van der Waals surface area contributed by atoms with E-state index in [0.29, 0.717) is 29.4 Å². The van der Waals surface area contributed by atoms with Crippen molar-refractivity contribution < 1.29 is 9.53 Å². The van der Waals surface area contributed by atoms with E-state index in [9.17, 15) is 9.59 Å². The maximum absolute atomic E-state index is 12.5. The topological polar surface area (TPSA) is 73.2 Å². The summed E-state index contributed by atoms with van der Waals surface area (Å²) in [4.78, 5) is 29.3. The molecule has 0 saturated heterocycles. The molecule has 1 unspecified atom stereocenters. The monoisotopic (exact) mass is 373 g/mol. The lowest BCUT2D eigenvalue weighted by Crippen LogP contribution is -2.32. The van der Waals surface area contributed by atoms with E-state index in [1.54, 1.807) is 18.6 Å². The summed E-state index contributed by atoms with van der Waals surface area (Å²) in [7, 11) is 1.64. The van der Waals surface area contributed by atoms with Crippen molar-refractivity contribution in [2.45, 2.75) is 37.9 Å². The number of benzene rings is 1. The van der Waals surface area contributed by atoms with E-state index in [1.807, 2.05) is 31.2 Å². The molecule has 26 heavy (non-hydrogen) atoms. The number of methoxy groups -OCH3 is 1. The van der Waals surface area contributed by atoms with Crippen molar-refractivity contribution in [1.82, 2.24) is 14.9 Å². The van der Waals surface area contributed by atoms with Crippen molar-refractivity contribution in [3.8, 4) is 5.75 Å². The minimum absolute atomic E-state index is 0.0338. The van der Waals surface area contributed by atoms with Crippen LogP contribution < -0.4 is 15.6 Å². The first-order valence-electron chi connectivity index (χ1n) is 8.61. The van der Waals surface area contributed by atoms with E-state index < -0.39 is 0 Å². The lowest BCUT2D eigenvalue weighted by Gasteiger charge is -2.14. The molecule has 0 bridgehead atoms. The number of hydrogen-bond donors (Lipinski definition) is 1. The molecule has 2 aromatic rings. The standard InChI is InChI=1S/C19H23N3O3S/c1-12-13(2)21-19-22(18(12)24)15(11-26-19)10-17(23)20-9-8-14-4-6-16(25-3)7-5-14/h4-7,15H,8-11H2,1-3H3,(H,20,23). The Balaban J connectivity index is 1.55. The quantitative estimate of drug-likeness (QED) is 0.787. The van der Waals surface area contributed by atoms with Crippen LogP contribution in [-0.4, -0.2) is 34.9 Å². The number of carbonyl (C=O) groups is 1. The van der Waals surface area contributed by atoms with Crippen molar-refractivity contribution in [1.29, 1.82) is 0 Å². The minimum Gasteiger partial charge on any atom is -0.497 e. The van der Waals surface area contributed by atoms with Crippen LogP contribution >= 0.6 is 11.8 Å². The predicted octanol–water partition coefficient (Wildman–Crippen LogP) is 2.26. The van der Waals surface area contributed by atoms with Gasteiger partial charge in [-0.1, -0.05) is 23.9 Å². The van der Waals surface area contributed by atoms with Crippen LogP contribution in [0.15, 0.2) is 34.2 Å². The molecule has 0 fully saturated rings. The number of rotatable bonds is 6. The molecular weight excluding hydrogens is 350 g/mol. The van der Waals surface area contributed by atoms with Crippen molar-refractivity contribution in [2.24, 2.45) is 0 Å². The number of nitrogens with zero attached hydrogens (tertiary/aromatic N) is 2. The van der Waals surface area contributed by atoms with Gasteiger partial charge in [0, 0.05) is 30.0 Å². The van der Waals surface area contributed by atoms with Gasteiger partial charge >= 0.3 is 0 Å². The zero-order valence-corrected chi connectivity index (χ0v) is 16.1. The predicted molar refractivity (Wildman–Crippen MR) is 102 cm³/mol. The summed E-state index contributed by atoms with van der Waals surface area (Å²) in [6, 6.07) is 7.67. The van der Waals surface area contributed by atoms with Crippen molar-refractivity contribution in [2.75, 3.05) is 19.4 Å². The first-order valence-corrected chi connectivity index (χ1v) is 9.60. The number of aromatic nitrogens is 2. The van der Waals surface area contributed by atoms with E-state index in [4.69, 9.17) is 4.74 Å². The van der Waals surface area contributed by atoms with E-state index in [1.165, 1.54) is 11.8 Å². The largest absolute Gasteiger partial charge is 0.497 e. The van der Waals surface area contributed by atoms with Gasteiger partial charge in [-0.05, 0) is 38.0 Å². The molecule has 2 heterocycles. The Morgan fingerprint density at radius 2 is 2.08 bits per heavy atom. The van der Waals surface area contributed by atoms with Crippen molar-refractivity contribution >= 4 is 17.7 Å². The lowest BCUT2D eigenvalue weighted by molar-refractivity contribution is -0.121. The Hall–Kier alpha value is -2.28. The molecule has 1 aliphatic rings. The second-order valence-electron chi connectivity index (χ2n) is 6.40. The highest BCUT2D eigenvalue weighted by molar-refractivity contribution is 7.99. The fourth-order valence-corrected chi connectivity index (χ4v) is 4.13. The average molecular weight is 373 g/mol. The van der Waals surface area contributed by atoms with Crippen LogP contribution in [0, 0.1) is 13.8 Å². The summed E-state index contributed by atoms with van der Waals surface area (Å²) >= 11 is 1.54. The van der Waals surface area contributed by atoms with E-state index in [0.717, 1.165) is 23.4 Å². The van der Waals surface area contributed by atoms with Gasteiger partial charge in [0.2, 0.25) is 5.91 Å². The molecule has 138 valence electrons. The number of carbonyl (C=O) groups excluding carboxylic acids is 1. The van der Waals surface area contributed by atoms with Crippen molar-refractivity contribution in [3.05, 3.63) is 51.4 Å². The molecule has 1 aromatic heterocycles. The van der Waals surface area contributed by atoms with Gasteiger partial charge in [-0.15, -0.1) is 0 Å². The van der Waals surface area contributed by atoms with Gasteiger partial charge in [-0.2, -0.15) is 0 Å². The van der Waals surface area contributed by atoms with Gasteiger partial charge < -0.3 is 10.1 Å². The molecular formula is C19H23N3O3S. The molecule has 1 atom stereocenters. The summed E-state index contributed by atoms with van der Waals surface area (Å²) in [6.07, 6.45) is 1.05. The Kier molecular flexibility index (Phi) is 5.66. The van der Waals surface area contributed by atoms with Gasteiger partial charge in [0.1, 0.15) is 5.75 Å². The van der Waals surface area contributed by atoms with E-state index >= 15 is 0 Å². The highest BCUT2D eigenvalue weighted by atomic mass is 32.2. The average Bonchev–Trinajstić information content (AvgIpc) is 3.02. The van der Waals surface area contributed by atoms with E-state index in [2.05, 4.69) is 10.3 Å². The van der Waals surface area contributed by atoms with Crippen LogP contribution in [-0.2, 0) is 11.2 Å². The summed E-state index contributed by atoms with van der Waals surface area (Å²) in [5.74, 6) is 1.48. The van der Waals surface area contributed by atoms with Crippen LogP contribution in [0.3, 0.4) is 0 Å². The Morgan fingerprint density at radius 1 is 1.35 bits per heavy atom. The fraction of sp³-hybridized carbons (Fsp3) is 0.421. The molecule has 6 nitrogen and oxygen atoms in total.